The SMILES string of the molecule is CC(C)c1ccccc1[C@@H]1COCCN1C1CC2(CCN(c3ccc(C(=O)NS(=O)(=O)c4cnc(SCC5CCC(C)(C)CC5)c([N+](=O)[O-])c4)c(Oc4cnc5[nH]ccc5c4)c3)CC2)C1. The second-order valence-electron chi connectivity index (χ2n) is 19.6. The Labute approximate surface area is 385 Å². The first-order chi connectivity index (χ1) is 31.2. The number of pyridine rings is 2. The zero-order chi connectivity index (χ0) is 45.5. The monoisotopic (exact) mass is 921 g/mol. The number of nitro groups is 1. The van der Waals surface area contributed by atoms with Gasteiger partial charge in [0.25, 0.3) is 15.9 Å². The van der Waals surface area contributed by atoms with Gasteiger partial charge in [-0.1, -0.05) is 63.7 Å². The van der Waals surface area contributed by atoms with Crippen molar-refractivity contribution in [1.29, 1.82) is 0 Å². The van der Waals surface area contributed by atoms with Crippen molar-refractivity contribution >= 4 is 50.1 Å². The largest absolute Gasteiger partial charge is 0.455 e. The Kier molecular flexibility index (Phi) is 12.7. The number of benzene rings is 2. The Morgan fingerprint density at radius 1 is 1.02 bits per heavy atom. The highest BCUT2D eigenvalue weighted by atomic mass is 32.2. The number of nitrogens with one attached hydrogen (secondary N) is 2. The number of hydrogen-bond acceptors (Lipinski definition) is 12. The lowest BCUT2D eigenvalue weighted by Crippen LogP contribution is -2.58. The van der Waals surface area contributed by atoms with E-state index < -0.39 is 31.4 Å². The van der Waals surface area contributed by atoms with Gasteiger partial charge in [0, 0.05) is 67.0 Å². The predicted molar refractivity (Wildman–Crippen MR) is 252 cm³/mol. The molecule has 0 bridgehead atoms. The van der Waals surface area contributed by atoms with Gasteiger partial charge in [-0.2, -0.15) is 0 Å². The molecule has 1 atom stereocenters. The Hall–Kier alpha value is -5.03. The third-order valence-electron chi connectivity index (χ3n) is 14.4. The summed E-state index contributed by atoms with van der Waals surface area (Å²) in [6.07, 6.45) is 13.0. The van der Waals surface area contributed by atoms with Crippen molar-refractivity contribution in [3.05, 3.63) is 106 Å². The molecule has 2 N–H and O–H groups in total. The Bertz CT molecular complexity index is 2660. The fourth-order valence-electron chi connectivity index (χ4n) is 10.4. The van der Waals surface area contributed by atoms with Crippen molar-refractivity contribution in [1.82, 2.24) is 24.6 Å². The number of fused-ring (bicyclic) bond motifs is 1. The van der Waals surface area contributed by atoms with E-state index in [-0.39, 0.29) is 27.8 Å². The topological polar surface area (TPSA) is 173 Å². The van der Waals surface area contributed by atoms with Crippen molar-refractivity contribution in [2.24, 2.45) is 16.7 Å². The minimum absolute atomic E-state index is 0.0220. The van der Waals surface area contributed by atoms with E-state index in [0.29, 0.717) is 47.0 Å². The van der Waals surface area contributed by atoms with Gasteiger partial charge in [0.1, 0.15) is 22.0 Å². The summed E-state index contributed by atoms with van der Waals surface area (Å²) in [6, 6.07) is 19.4. The van der Waals surface area contributed by atoms with Crippen LogP contribution in [0, 0.1) is 26.9 Å². The molecule has 4 aliphatic rings. The summed E-state index contributed by atoms with van der Waals surface area (Å²) >= 11 is 1.27. The van der Waals surface area contributed by atoms with E-state index in [0.717, 1.165) is 101 Å². The van der Waals surface area contributed by atoms with Gasteiger partial charge in [-0.25, -0.2) is 23.1 Å². The van der Waals surface area contributed by atoms with Crippen LogP contribution < -0.4 is 14.4 Å². The molecule has 0 unspecified atom stereocenters. The molecule has 2 aromatic carbocycles. The number of hydrogen-bond donors (Lipinski definition) is 2. The lowest BCUT2D eigenvalue weighted by Gasteiger charge is -2.57. The summed E-state index contributed by atoms with van der Waals surface area (Å²) in [5.74, 6) is 1.06. The normalized spacial score (nSPS) is 20.5. The van der Waals surface area contributed by atoms with Crippen LogP contribution in [0.3, 0.4) is 0 Å². The molecule has 65 heavy (non-hydrogen) atoms. The van der Waals surface area contributed by atoms with E-state index in [1.165, 1.54) is 22.9 Å². The maximum absolute atomic E-state index is 14.0. The molecule has 2 saturated heterocycles. The summed E-state index contributed by atoms with van der Waals surface area (Å²) in [7, 11) is -4.59. The number of thioether (sulfide) groups is 1. The van der Waals surface area contributed by atoms with Gasteiger partial charge in [-0.3, -0.25) is 19.8 Å². The third kappa shape index (κ3) is 9.77. The summed E-state index contributed by atoms with van der Waals surface area (Å²) in [6.45, 7) is 13.1. The highest BCUT2D eigenvalue weighted by Crippen LogP contribution is 2.53. The lowest BCUT2D eigenvalue weighted by atomic mass is 9.59. The molecule has 1 amide bonds. The molecular weight excluding hydrogens is 863 g/mol. The average Bonchev–Trinajstić information content (AvgIpc) is 3.76. The van der Waals surface area contributed by atoms with Gasteiger partial charge in [-0.05, 0) is 109 Å². The van der Waals surface area contributed by atoms with Gasteiger partial charge in [0.05, 0.1) is 35.9 Å². The number of rotatable bonds is 13. The molecule has 9 rings (SSSR count). The van der Waals surface area contributed by atoms with Crippen LogP contribution in [-0.2, 0) is 14.8 Å². The molecule has 2 aliphatic carbocycles. The molecule has 14 nitrogen and oxygen atoms in total. The standard InChI is InChI=1S/C49H59N7O7S2/c1-32(2)39-7-5-6-8-40(39)43-30-62-22-21-55(43)36-26-49(27-36)16-19-54(20-17-49)35-9-10-41(44(24-35)63-37-23-34-13-18-50-45(34)51-28-37)46(57)53-65(60,61)38-25-42(56(58)59)47(52-29-38)64-31-33-11-14-48(3,4)15-12-33/h5-10,13,18,23-25,28-29,32-33,36,43H,11-12,14-17,19-22,26-27,30-31H2,1-4H3,(H,50,51)(H,53,57)/t43-/m0/s1. The number of H-pyrrole nitrogens is 1. The van der Waals surface area contributed by atoms with E-state index in [2.05, 4.69) is 81.4 Å². The third-order valence-corrected chi connectivity index (χ3v) is 16.9. The number of anilines is 1. The fraction of sp³-hybridized carbons (Fsp3) is 0.490. The highest BCUT2D eigenvalue weighted by Gasteiger charge is 2.50. The smallest absolute Gasteiger partial charge is 0.302 e. The van der Waals surface area contributed by atoms with Crippen LogP contribution in [0.5, 0.6) is 11.5 Å². The number of piperidine rings is 1. The van der Waals surface area contributed by atoms with Crippen LogP contribution in [0.1, 0.15) is 113 Å². The number of carbonyl (C=O) groups is 1. The summed E-state index contributed by atoms with van der Waals surface area (Å²) in [5, 5.41) is 13.1. The van der Waals surface area contributed by atoms with Crippen molar-refractivity contribution in [3.8, 4) is 11.5 Å². The number of ether oxygens (including phenoxy) is 2. The predicted octanol–water partition coefficient (Wildman–Crippen LogP) is 10.0. The van der Waals surface area contributed by atoms with E-state index in [4.69, 9.17) is 9.47 Å². The van der Waals surface area contributed by atoms with Crippen LogP contribution >= 0.6 is 11.8 Å². The van der Waals surface area contributed by atoms with Crippen molar-refractivity contribution in [2.45, 2.75) is 107 Å². The molecule has 0 radical (unpaired) electrons. The number of aromatic amines is 1. The second-order valence-corrected chi connectivity index (χ2v) is 22.3. The minimum atomic E-state index is -4.59. The number of amides is 1. The quantitative estimate of drug-likeness (QED) is 0.0651. The second kappa shape index (κ2) is 18.3. The molecule has 5 heterocycles. The highest BCUT2D eigenvalue weighted by molar-refractivity contribution is 7.99. The summed E-state index contributed by atoms with van der Waals surface area (Å²) in [5.41, 5.74) is 4.42. The van der Waals surface area contributed by atoms with Gasteiger partial charge >= 0.3 is 5.69 Å². The fourth-order valence-corrected chi connectivity index (χ4v) is 12.5. The van der Waals surface area contributed by atoms with Crippen LogP contribution in [0.15, 0.2) is 89.2 Å². The molecular formula is C49H59N7O7S2. The molecule has 4 fully saturated rings. The van der Waals surface area contributed by atoms with Crippen LogP contribution in [-0.4, -0.2) is 83.7 Å². The first kappa shape index (κ1) is 45.1. The zero-order valence-corrected chi connectivity index (χ0v) is 39.3. The van der Waals surface area contributed by atoms with Crippen molar-refractivity contribution in [2.75, 3.05) is 43.5 Å². The van der Waals surface area contributed by atoms with E-state index >= 15 is 0 Å². The minimum Gasteiger partial charge on any atom is -0.455 e. The number of morpholine rings is 1. The van der Waals surface area contributed by atoms with Crippen LogP contribution in [0.2, 0.25) is 0 Å². The van der Waals surface area contributed by atoms with E-state index in [1.807, 2.05) is 12.1 Å². The van der Waals surface area contributed by atoms with Gasteiger partial charge < -0.3 is 19.4 Å². The summed E-state index contributed by atoms with van der Waals surface area (Å²) in [4.78, 5) is 41.8. The van der Waals surface area contributed by atoms with Crippen LogP contribution in [0.25, 0.3) is 11.0 Å². The maximum atomic E-state index is 14.0. The average molecular weight is 922 g/mol. The molecule has 5 aromatic rings. The Morgan fingerprint density at radius 2 is 1.78 bits per heavy atom. The van der Waals surface area contributed by atoms with Crippen molar-refractivity contribution in [3.63, 3.8) is 0 Å². The first-order valence-electron chi connectivity index (χ1n) is 22.9. The van der Waals surface area contributed by atoms with Gasteiger partial charge in [-0.15, -0.1) is 0 Å². The molecule has 2 aliphatic heterocycles. The zero-order valence-electron chi connectivity index (χ0n) is 37.6. The number of carbonyl (C=O) groups excluding carboxylic acids is 1. The lowest BCUT2D eigenvalue weighted by molar-refractivity contribution is -0.388. The van der Waals surface area contributed by atoms with E-state index in [1.54, 1.807) is 30.6 Å². The molecule has 344 valence electrons. The van der Waals surface area contributed by atoms with Crippen LogP contribution in [0.4, 0.5) is 11.4 Å². The molecule has 16 heteroatoms. The van der Waals surface area contributed by atoms with Crippen molar-refractivity contribution < 1.29 is 27.6 Å². The number of nitrogens with zero attached hydrogens (tertiary/aromatic N) is 5. The number of sulfonamides is 1. The Morgan fingerprint density at radius 3 is 2.54 bits per heavy atom. The Balaban J connectivity index is 0.898. The molecule has 1 spiro atoms. The van der Waals surface area contributed by atoms with Gasteiger partial charge in [0.2, 0.25) is 0 Å². The molecule has 3 aromatic heterocycles. The summed E-state index contributed by atoms with van der Waals surface area (Å²) < 4.78 is 42.0. The van der Waals surface area contributed by atoms with E-state index in [9.17, 15) is 23.3 Å². The molecule has 2 saturated carbocycles. The number of aromatic nitrogens is 3. The first-order valence-corrected chi connectivity index (χ1v) is 25.4. The maximum Gasteiger partial charge on any atom is 0.302 e. The van der Waals surface area contributed by atoms with Gasteiger partial charge in [0.15, 0.2) is 5.03 Å².